The van der Waals surface area contributed by atoms with E-state index in [2.05, 4.69) is 4.74 Å². The molecule has 0 aliphatic carbocycles. The molecular formula is C11H12O3. The molecular weight excluding hydrogens is 180 g/mol. The number of methoxy groups -OCH3 is 2. The summed E-state index contributed by atoms with van der Waals surface area (Å²) >= 11 is 0. The third-order valence-electron chi connectivity index (χ3n) is 1.73. The number of carbonyl (C=O) groups is 1. The van der Waals surface area contributed by atoms with Gasteiger partial charge in [-0.05, 0) is 0 Å². The van der Waals surface area contributed by atoms with Gasteiger partial charge in [0.25, 0.3) is 0 Å². The first-order valence-corrected chi connectivity index (χ1v) is 4.17. The molecule has 0 unspecified atom stereocenters. The van der Waals surface area contributed by atoms with Crippen LogP contribution in [-0.4, -0.2) is 20.2 Å². The Morgan fingerprint density at radius 3 is 2.29 bits per heavy atom. The molecule has 0 saturated carbocycles. The van der Waals surface area contributed by atoms with E-state index in [-0.39, 0.29) is 0 Å². The van der Waals surface area contributed by atoms with Crippen LogP contribution >= 0.6 is 0 Å². The number of hydrogen-bond donors (Lipinski definition) is 0. The maximum atomic E-state index is 11.0. The van der Waals surface area contributed by atoms with Gasteiger partial charge in [-0.15, -0.1) is 0 Å². The standard InChI is InChI=1S/C11H12O3/c1-13-10(8-11(12)14-2)9-6-4-3-5-7-9/h3-8H,1-2H3/b10-8-. The third-order valence-corrected chi connectivity index (χ3v) is 1.73. The second-order valence-corrected chi connectivity index (χ2v) is 2.60. The van der Waals surface area contributed by atoms with Crippen LogP contribution < -0.4 is 0 Å². The van der Waals surface area contributed by atoms with Crippen molar-refractivity contribution in [1.82, 2.24) is 0 Å². The molecule has 0 N–H and O–H groups in total. The molecule has 0 amide bonds. The van der Waals surface area contributed by atoms with E-state index in [0.717, 1.165) is 5.56 Å². The molecule has 0 aliphatic rings. The number of rotatable bonds is 3. The van der Waals surface area contributed by atoms with E-state index in [0.29, 0.717) is 5.76 Å². The summed E-state index contributed by atoms with van der Waals surface area (Å²) in [6, 6.07) is 9.37. The molecule has 1 aromatic rings. The molecule has 14 heavy (non-hydrogen) atoms. The van der Waals surface area contributed by atoms with Crippen molar-refractivity contribution < 1.29 is 14.3 Å². The Hall–Kier alpha value is -1.77. The Bertz CT molecular complexity index is 328. The summed E-state index contributed by atoms with van der Waals surface area (Å²) in [5, 5.41) is 0. The fourth-order valence-corrected chi connectivity index (χ4v) is 1.03. The summed E-state index contributed by atoms with van der Waals surface area (Å²) in [6.45, 7) is 0. The number of ether oxygens (including phenoxy) is 2. The van der Waals surface area contributed by atoms with Crippen LogP contribution in [-0.2, 0) is 14.3 Å². The second kappa shape index (κ2) is 5.07. The molecule has 0 radical (unpaired) electrons. The Morgan fingerprint density at radius 1 is 1.14 bits per heavy atom. The molecule has 0 spiro atoms. The maximum Gasteiger partial charge on any atom is 0.334 e. The van der Waals surface area contributed by atoms with Crippen molar-refractivity contribution in [3.8, 4) is 0 Å². The minimum atomic E-state index is -0.425. The number of esters is 1. The summed E-state index contributed by atoms with van der Waals surface area (Å²) in [5.41, 5.74) is 0.848. The van der Waals surface area contributed by atoms with Gasteiger partial charge in [0.15, 0.2) is 0 Å². The van der Waals surface area contributed by atoms with E-state index in [1.807, 2.05) is 30.3 Å². The molecule has 0 bridgehead atoms. The van der Waals surface area contributed by atoms with E-state index in [1.54, 1.807) is 0 Å². The minimum Gasteiger partial charge on any atom is -0.496 e. The molecule has 0 fully saturated rings. The van der Waals surface area contributed by atoms with E-state index in [1.165, 1.54) is 20.3 Å². The van der Waals surface area contributed by atoms with Crippen LogP contribution in [0.1, 0.15) is 5.56 Å². The van der Waals surface area contributed by atoms with Gasteiger partial charge in [0, 0.05) is 5.56 Å². The van der Waals surface area contributed by atoms with Crippen LogP contribution in [0.15, 0.2) is 36.4 Å². The first-order chi connectivity index (χ1) is 6.77. The van der Waals surface area contributed by atoms with Gasteiger partial charge in [0.1, 0.15) is 5.76 Å². The van der Waals surface area contributed by atoms with Crippen molar-refractivity contribution in [3.05, 3.63) is 42.0 Å². The van der Waals surface area contributed by atoms with Gasteiger partial charge in [-0.25, -0.2) is 4.79 Å². The topological polar surface area (TPSA) is 35.5 Å². The average Bonchev–Trinajstić information content (AvgIpc) is 2.26. The van der Waals surface area contributed by atoms with Crippen LogP contribution in [0, 0.1) is 0 Å². The normalized spacial score (nSPS) is 10.9. The lowest BCUT2D eigenvalue weighted by molar-refractivity contribution is -0.134. The highest BCUT2D eigenvalue weighted by atomic mass is 16.5. The lowest BCUT2D eigenvalue weighted by Crippen LogP contribution is -1.98. The zero-order chi connectivity index (χ0) is 10.4. The Kier molecular flexibility index (Phi) is 3.73. The van der Waals surface area contributed by atoms with Gasteiger partial charge in [-0.1, -0.05) is 30.3 Å². The highest BCUT2D eigenvalue weighted by Gasteiger charge is 2.03. The van der Waals surface area contributed by atoms with Crippen LogP contribution in [0.2, 0.25) is 0 Å². The number of benzene rings is 1. The zero-order valence-corrected chi connectivity index (χ0v) is 8.19. The van der Waals surface area contributed by atoms with Gasteiger partial charge >= 0.3 is 5.97 Å². The highest BCUT2D eigenvalue weighted by molar-refractivity contribution is 5.89. The van der Waals surface area contributed by atoms with Crippen LogP contribution in [0.4, 0.5) is 0 Å². The molecule has 1 rings (SSSR count). The molecule has 1 aromatic carbocycles. The van der Waals surface area contributed by atoms with Crippen molar-refractivity contribution in [2.45, 2.75) is 0 Å². The monoisotopic (exact) mass is 192 g/mol. The average molecular weight is 192 g/mol. The highest BCUT2D eigenvalue weighted by Crippen LogP contribution is 2.13. The second-order valence-electron chi connectivity index (χ2n) is 2.60. The van der Waals surface area contributed by atoms with Crippen molar-refractivity contribution in [2.24, 2.45) is 0 Å². The summed E-state index contributed by atoms with van der Waals surface area (Å²) in [6.07, 6.45) is 1.31. The third kappa shape index (κ3) is 2.62. The van der Waals surface area contributed by atoms with Crippen molar-refractivity contribution in [3.63, 3.8) is 0 Å². The molecule has 0 aromatic heterocycles. The lowest BCUT2D eigenvalue weighted by Gasteiger charge is -2.04. The smallest absolute Gasteiger partial charge is 0.334 e. The molecule has 3 heteroatoms. The summed E-state index contributed by atoms with van der Waals surface area (Å²) in [5.74, 6) is 0.0724. The van der Waals surface area contributed by atoms with E-state index in [9.17, 15) is 4.79 Å². The van der Waals surface area contributed by atoms with E-state index >= 15 is 0 Å². The quantitative estimate of drug-likeness (QED) is 0.416. The number of hydrogen-bond acceptors (Lipinski definition) is 3. The van der Waals surface area contributed by atoms with E-state index in [4.69, 9.17) is 4.74 Å². The number of carbonyl (C=O) groups excluding carboxylic acids is 1. The van der Waals surface area contributed by atoms with Crippen LogP contribution in [0.25, 0.3) is 5.76 Å². The van der Waals surface area contributed by atoms with E-state index < -0.39 is 5.97 Å². The Labute approximate surface area is 83.0 Å². The first kappa shape index (κ1) is 10.3. The fraction of sp³-hybridized carbons (Fsp3) is 0.182. The summed E-state index contributed by atoms with van der Waals surface area (Å²) < 4.78 is 9.58. The fourth-order valence-electron chi connectivity index (χ4n) is 1.03. The first-order valence-electron chi connectivity index (χ1n) is 4.17. The molecule has 0 atom stereocenters. The molecule has 3 nitrogen and oxygen atoms in total. The van der Waals surface area contributed by atoms with Crippen LogP contribution in [0.3, 0.4) is 0 Å². The lowest BCUT2D eigenvalue weighted by atomic mass is 10.2. The SMILES string of the molecule is COC(=O)/C=C(\OC)c1ccccc1. The van der Waals surface area contributed by atoms with Gasteiger partial charge in [0.05, 0.1) is 20.3 Å². The molecule has 74 valence electrons. The largest absolute Gasteiger partial charge is 0.496 e. The molecule has 0 saturated heterocycles. The minimum absolute atomic E-state index is 0.425. The van der Waals surface area contributed by atoms with Crippen molar-refractivity contribution in [1.29, 1.82) is 0 Å². The Balaban J connectivity index is 2.93. The molecule has 0 aliphatic heterocycles. The summed E-state index contributed by atoms with van der Waals surface area (Å²) in [4.78, 5) is 11.0. The van der Waals surface area contributed by atoms with Gasteiger partial charge in [-0.2, -0.15) is 0 Å². The predicted octanol–water partition coefficient (Wildman–Crippen LogP) is 1.85. The van der Waals surface area contributed by atoms with Gasteiger partial charge in [0.2, 0.25) is 0 Å². The van der Waals surface area contributed by atoms with Gasteiger partial charge < -0.3 is 9.47 Å². The predicted molar refractivity (Wildman–Crippen MR) is 53.4 cm³/mol. The molecule has 0 heterocycles. The zero-order valence-electron chi connectivity index (χ0n) is 8.19. The maximum absolute atomic E-state index is 11.0. The van der Waals surface area contributed by atoms with Gasteiger partial charge in [-0.3, -0.25) is 0 Å². The Morgan fingerprint density at radius 2 is 1.79 bits per heavy atom. The van der Waals surface area contributed by atoms with Crippen LogP contribution in [0.5, 0.6) is 0 Å². The van der Waals surface area contributed by atoms with Crippen molar-refractivity contribution in [2.75, 3.05) is 14.2 Å². The van der Waals surface area contributed by atoms with Crippen molar-refractivity contribution >= 4 is 11.7 Å². The summed E-state index contributed by atoms with van der Waals surface area (Å²) in [7, 11) is 2.85.